The highest BCUT2D eigenvalue weighted by Gasteiger charge is 2.05. The number of allylic oxidation sites excluding steroid dienone is 2. The third-order valence-corrected chi connectivity index (χ3v) is 4.86. The van der Waals surface area contributed by atoms with E-state index in [1.54, 1.807) is 0 Å². The summed E-state index contributed by atoms with van der Waals surface area (Å²) < 4.78 is 0. The molecule has 2 aromatic rings. The molecule has 0 unspecified atom stereocenters. The molecular weight excluding hydrogens is 352 g/mol. The SMILES string of the molecule is C#Cc1ccc(C(=C)NC(=C)Nc2ccc(C(CCCCC)=C(C)C)cc2)cc1. The standard InChI is InChI=1S/C27H32N2/c1-7-9-10-11-27(20(3)4)25-16-18-26(19-17-25)29-22(6)28-21(5)24-14-12-23(8-2)13-15-24/h2,12-19,28-29H,5-7,9-11H2,1,3-4H3. The number of nitrogens with one attached hydrogen (secondary N) is 2. The molecule has 0 saturated heterocycles. The van der Waals surface area contributed by atoms with Crippen LogP contribution >= 0.6 is 0 Å². The number of unbranched alkanes of at least 4 members (excludes halogenated alkanes) is 2. The Morgan fingerprint density at radius 1 is 0.931 bits per heavy atom. The van der Waals surface area contributed by atoms with Gasteiger partial charge in [0.05, 0.1) is 0 Å². The van der Waals surface area contributed by atoms with Gasteiger partial charge in [-0.05, 0) is 67.7 Å². The zero-order valence-corrected chi connectivity index (χ0v) is 17.9. The first-order valence-corrected chi connectivity index (χ1v) is 10.2. The van der Waals surface area contributed by atoms with E-state index in [2.05, 4.69) is 74.7 Å². The van der Waals surface area contributed by atoms with Crippen LogP contribution in [-0.2, 0) is 0 Å². The van der Waals surface area contributed by atoms with E-state index in [0.717, 1.165) is 28.9 Å². The molecule has 0 aromatic heterocycles. The van der Waals surface area contributed by atoms with Crippen molar-refractivity contribution < 1.29 is 0 Å². The molecule has 0 atom stereocenters. The van der Waals surface area contributed by atoms with E-state index < -0.39 is 0 Å². The van der Waals surface area contributed by atoms with Gasteiger partial charge in [0.15, 0.2) is 0 Å². The monoisotopic (exact) mass is 384 g/mol. The Hall–Kier alpha value is -3.18. The molecule has 0 radical (unpaired) electrons. The molecule has 0 saturated carbocycles. The van der Waals surface area contributed by atoms with E-state index in [1.165, 1.54) is 36.0 Å². The van der Waals surface area contributed by atoms with Crippen molar-refractivity contribution in [1.29, 1.82) is 0 Å². The molecule has 2 aromatic carbocycles. The van der Waals surface area contributed by atoms with Crippen molar-refractivity contribution in [2.24, 2.45) is 0 Å². The van der Waals surface area contributed by atoms with Crippen LogP contribution in [0.4, 0.5) is 5.69 Å². The van der Waals surface area contributed by atoms with Gasteiger partial charge in [-0.25, -0.2) is 0 Å². The first-order chi connectivity index (χ1) is 13.9. The van der Waals surface area contributed by atoms with Gasteiger partial charge >= 0.3 is 0 Å². The average molecular weight is 385 g/mol. The van der Waals surface area contributed by atoms with Crippen LogP contribution in [0.5, 0.6) is 0 Å². The minimum atomic E-state index is 0.675. The van der Waals surface area contributed by atoms with E-state index in [0.29, 0.717) is 5.82 Å². The highest BCUT2D eigenvalue weighted by Crippen LogP contribution is 2.26. The summed E-state index contributed by atoms with van der Waals surface area (Å²) >= 11 is 0. The Kier molecular flexibility index (Phi) is 8.37. The summed E-state index contributed by atoms with van der Waals surface area (Å²) in [5, 5.41) is 6.51. The zero-order valence-electron chi connectivity index (χ0n) is 17.9. The third-order valence-electron chi connectivity index (χ3n) is 4.86. The summed E-state index contributed by atoms with van der Waals surface area (Å²) in [5.41, 5.74) is 7.72. The summed E-state index contributed by atoms with van der Waals surface area (Å²) in [6.07, 6.45) is 10.3. The molecule has 0 spiro atoms. The molecule has 2 rings (SSSR count). The Bertz CT molecular complexity index is 903. The minimum Gasteiger partial charge on any atom is -0.342 e. The zero-order chi connectivity index (χ0) is 21.2. The van der Waals surface area contributed by atoms with Gasteiger partial charge in [0.1, 0.15) is 5.82 Å². The summed E-state index contributed by atoms with van der Waals surface area (Å²) in [6, 6.07) is 16.2. The van der Waals surface area contributed by atoms with Crippen molar-refractivity contribution in [1.82, 2.24) is 5.32 Å². The van der Waals surface area contributed by atoms with Crippen LogP contribution < -0.4 is 10.6 Å². The van der Waals surface area contributed by atoms with Crippen molar-refractivity contribution in [2.75, 3.05) is 5.32 Å². The highest BCUT2D eigenvalue weighted by molar-refractivity contribution is 5.70. The number of anilines is 1. The normalized spacial score (nSPS) is 10.0. The molecule has 2 heteroatoms. The first kappa shape index (κ1) is 22.1. The average Bonchev–Trinajstić information content (AvgIpc) is 2.71. The van der Waals surface area contributed by atoms with Gasteiger partial charge < -0.3 is 10.6 Å². The molecule has 150 valence electrons. The van der Waals surface area contributed by atoms with Crippen molar-refractivity contribution in [3.05, 3.63) is 89.8 Å². The first-order valence-electron chi connectivity index (χ1n) is 10.2. The molecule has 0 aliphatic heterocycles. The second kappa shape index (κ2) is 11.0. The van der Waals surface area contributed by atoms with Gasteiger partial charge in [-0.3, -0.25) is 0 Å². The predicted molar refractivity (Wildman–Crippen MR) is 128 cm³/mol. The predicted octanol–water partition coefficient (Wildman–Crippen LogP) is 7.19. The van der Waals surface area contributed by atoms with Gasteiger partial charge in [0, 0.05) is 16.9 Å². The summed E-state index contributed by atoms with van der Waals surface area (Å²) in [4.78, 5) is 0. The van der Waals surface area contributed by atoms with Crippen molar-refractivity contribution in [3.63, 3.8) is 0 Å². The number of hydrogen-bond acceptors (Lipinski definition) is 2. The van der Waals surface area contributed by atoms with Gasteiger partial charge in [-0.1, -0.05) is 68.7 Å². The Morgan fingerprint density at radius 3 is 2.10 bits per heavy atom. The molecule has 0 fully saturated rings. The smallest absolute Gasteiger partial charge is 0.100 e. The van der Waals surface area contributed by atoms with Crippen LogP contribution in [0, 0.1) is 12.3 Å². The maximum absolute atomic E-state index is 5.40. The van der Waals surface area contributed by atoms with Crippen LogP contribution in [0.25, 0.3) is 11.3 Å². The lowest BCUT2D eigenvalue weighted by molar-refractivity contribution is 0.734. The molecular formula is C27H32N2. The lowest BCUT2D eigenvalue weighted by Crippen LogP contribution is -2.16. The summed E-state index contributed by atoms with van der Waals surface area (Å²) in [6.45, 7) is 14.8. The number of hydrogen-bond donors (Lipinski definition) is 2. The van der Waals surface area contributed by atoms with Gasteiger partial charge in [-0.2, -0.15) is 0 Å². The summed E-state index contributed by atoms with van der Waals surface area (Å²) in [5.74, 6) is 3.29. The van der Waals surface area contributed by atoms with Crippen LogP contribution in [0.3, 0.4) is 0 Å². The fourth-order valence-electron chi connectivity index (χ4n) is 3.22. The van der Waals surface area contributed by atoms with E-state index in [4.69, 9.17) is 6.42 Å². The maximum atomic E-state index is 5.40. The van der Waals surface area contributed by atoms with Crippen molar-refractivity contribution >= 4 is 17.0 Å². The van der Waals surface area contributed by atoms with E-state index >= 15 is 0 Å². The Morgan fingerprint density at radius 2 is 1.55 bits per heavy atom. The molecule has 0 aliphatic carbocycles. The van der Waals surface area contributed by atoms with Crippen molar-refractivity contribution in [3.8, 4) is 12.3 Å². The fraction of sp³-hybridized carbons (Fsp3) is 0.259. The van der Waals surface area contributed by atoms with Crippen molar-refractivity contribution in [2.45, 2.75) is 46.5 Å². The number of rotatable bonds is 10. The quantitative estimate of drug-likeness (QED) is 0.335. The molecule has 0 aliphatic rings. The third kappa shape index (κ3) is 6.73. The molecule has 2 N–H and O–H groups in total. The largest absolute Gasteiger partial charge is 0.342 e. The molecule has 0 heterocycles. The lowest BCUT2D eigenvalue weighted by atomic mass is 9.96. The minimum absolute atomic E-state index is 0.675. The van der Waals surface area contributed by atoms with Gasteiger partial charge in [-0.15, -0.1) is 6.42 Å². The van der Waals surface area contributed by atoms with E-state index in [1.807, 2.05) is 24.3 Å². The van der Waals surface area contributed by atoms with Crippen LogP contribution in [-0.4, -0.2) is 0 Å². The molecule has 0 bridgehead atoms. The van der Waals surface area contributed by atoms with Crippen LogP contribution in [0.1, 0.15) is 63.1 Å². The highest BCUT2D eigenvalue weighted by atomic mass is 15.1. The Labute approximate surface area is 176 Å². The van der Waals surface area contributed by atoms with Gasteiger partial charge in [0.2, 0.25) is 0 Å². The second-order valence-electron chi connectivity index (χ2n) is 7.44. The lowest BCUT2D eigenvalue weighted by Gasteiger charge is -2.16. The van der Waals surface area contributed by atoms with E-state index in [-0.39, 0.29) is 0 Å². The molecule has 2 nitrogen and oxygen atoms in total. The van der Waals surface area contributed by atoms with Gasteiger partial charge in [0.25, 0.3) is 0 Å². The maximum Gasteiger partial charge on any atom is 0.100 e. The second-order valence-corrected chi connectivity index (χ2v) is 7.44. The van der Waals surface area contributed by atoms with E-state index in [9.17, 15) is 0 Å². The molecule has 0 amide bonds. The van der Waals surface area contributed by atoms with Crippen LogP contribution in [0.2, 0.25) is 0 Å². The van der Waals surface area contributed by atoms with Crippen LogP contribution in [0.15, 0.2) is 73.1 Å². The Balaban J connectivity index is 1.97. The topological polar surface area (TPSA) is 24.1 Å². The number of benzene rings is 2. The molecule has 29 heavy (non-hydrogen) atoms. The number of terminal acetylenes is 1. The summed E-state index contributed by atoms with van der Waals surface area (Å²) in [7, 11) is 0. The fourth-order valence-corrected chi connectivity index (χ4v) is 3.22.